The van der Waals surface area contributed by atoms with Crippen LogP contribution in [0.4, 0.5) is 11.5 Å². The summed E-state index contributed by atoms with van der Waals surface area (Å²) in [5.74, 6) is 1.15. The van der Waals surface area contributed by atoms with Crippen molar-refractivity contribution >= 4 is 34.7 Å². The van der Waals surface area contributed by atoms with Gasteiger partial charge in [-0.15, -0.1) is 0 Å². The number of aromatic nitrogens is 3. The van der Waals surface area contributed by atoms with Gasteiger partial charge in [0.2, 0.25) is 0 Å². The van der Waals surface area contributed by atoms with Gasteiger partial charge in [0.1, 0.15) is 23.5 Å². The second-order valence-corrected chi connectivity index (χ2v) is 7.57. The molecule has 3 heterocycles. The summed E-state index contributed by atoms with van der Waals surface area (Å²) in [6.07, 6.45) is 5.58. The van der Waals surface area contributed by atoms with Gasteiger partial charge in [0, 0.05) is 11.9 Å². The van der Waals surface area contributed by atoms with E-state index >= 15 is 0 Å². The monoisotopic (exact) mass is 405 g/mol. The molecule has 0 saturated carbocycles. The van der Waals surface area contributed by atoms with Crippen LogP contribution in [0.1, 0.15) is 35.7 Å². The maximum atomic E-state index is 12.3. The zero-order valence-corrected chi connectivity index (χ0v) is 17.0. The van der Waals surface area contributed by atoms with Gasteiger partial charge in [-0.3, -0.25) is 9.79 Å². The smallest absolute Gasteiger partial charge is 0.309 e. The molecule has 0 amide bonds. The molecule has 8 heteroatoms. The Bertz CT molecular complexity index is 1170. The minimum atomic E-state index is -0.143. The number of aryl methyl sites for hydroxylation is 1. The molecule has 154 valence electrons. The number of carbonyl (C=O) groups excluding carboxylic acids is 1. The lowest BCUT2D eigenvalue weighted by molar-refractivity contribution is -0.148. The zero-order chi connectivity index (χ0) is 20.7. The molecule has 1 unspecified atom stereocenters. The standard InChI is InChI=1S/C22H23N5O3/c1-3-30-22(28)12-4-5-16-15(6-12)19-20(26-16)24-11-25-21(19)27-17-7-13-9-23-10-14(13)8-18(17)29-2/h7-9,11-12H,3-6,10H2,1-2H3,(H2,24,25,26,27). The Labute approximate surface area is 173 Å². The molecule has 1 atom stereocenters. The molecule has 1 aliphatic heterocycles. The summed E-state index contributed by atoms with van der Waals surface area (Å²) in [6.45, 7) is 2.90. The third kappa shape index (κ3) is 3.08. The second kappa shape index (κ2) is 7.44. The summed E-state index contributed by atoms with van der Waals surface area (Å²) in [5, 5.41) is 4.34. The predicted octanol–water partition coefficient (Wildman–Crippen LogP) is 3.31. The Morgan fingerprint density at radius 1 is 1.33 bits per heavy atom. The van der Waals surface area contributed by atoms with Crippen molar-refractivity contribution in [1.82, 2.24) is 15.0 Å². The van der Waals surface area contributed by atoms with Crippen LogP contribution in [0.2, 0.25) is 0 Å². The van der Waals surface area contributed by atoms with Crippen molar-refractivity contribution in [1.29, 1.82) is 0 Å². The topological polar surface area (TPSA) is 101 Å². The van der Waals surface area contributed by atoms with Crippen LogP contribution < -0.4 is 10.1 Å². The lowest BCUT2D eigenvalue weighted by Gasteiger charge is -2.21. The van der Waals surface area contributed by atoms with Gasteiger partial charge in [-0.1, -0.05) is 0 Å². The zero-order valence-electron chi connectivity index (χ0n) is 17.0. The number of hydrogen-bond donors (Lipinski definition) is 2. The van der Waals surface area contributed by atoms with Gasteiger partial charge < -0.3 is 19.8 Å². The average Bonchev–Trinajstić information content (AvgIpc) is 3.36. The Morgan fingerprint density at radius 3 is 3.07 bits per heavy atom. The number of H-pyrrole nitrogens is 1. The van der Waals surface area contributed by atoms with E-state index in [1.165, 1.54) is 6.33 Å². The molecule has 0 radical (unpaired) electrons. The molecule has 0 bridgehead atoms. The quantitative estimate of drug-likeness (QED) is 0.632. The molecule has 2 N–H and O–H groups in total. The Kier molecular flexibility index (Phi) is 4.61. The van der Waals surface area contributed by atoms with Crippen molar-refractivity contribution in [2.75, 3.05) is 19.0 Å². The van der Waals surface area contributed by atoms with E-state index in [0.29, 0.717) is 25.4 Å². The van der Waals surface area contributed by atoms with Crippen LogP contribution in [0.25, 0.3) is 11.0 Å². The highest BCUT2D eigenvalue weighted by Gasteiger charge is 2.30. The van der Waals surface area contributed by atoms with Crippen molar-refractivity contribution in [2.45, 2.75) is 32.7 Å². The Balaban J connectivity index is 1.55. The summed E-state index contributed by atoms with van der Waals surface area (Å²) >= 11 is 0. The first-order valence-electron chi connectivity index (χ1n) is 10.2. The largest absolute Gasteiger partial charge is 0.495 e. The minimum absolute atomic E-state index is 0.136. The number of anilines is 2. The van der Waals surface area contributed by atoms with Gasteiger partial charge in [-0.2, -0.15) is 0 Å². The molecule has 2 aliphatic rings. The van der Waals surface area contributed by atoms with Gasteiger partial charge in [0.15, 0.2) is 0 Å². The normalized spacial score (nSPS) is 16.9. The molecule has 1 aromatic carbocycles. The van der Waals surface area contributed by atoms with E-state index in [1.807, 2.05) is 25.3 Å². The first kappa shape index (κ1) is 18.6. The van der Waals surface area contributed by atoms with E-state index in [2.05, 4.69) is 25.3 Å². The second-order valence-electron chi connectivity index (χ2n) is 7.57. The van der Waals surface area contributed by atoms with E-state index in [1.54, 1.807) is 7.11 Å². The third-order valence-corrected chi connectivity index (χ3v) is 5.80. The first-order chi connectivity index (χ1) is 14.7. The molecule has 30 heavy (non-hydrogen) atoms. The highest BCUT2D eigenvalue weighted by atomic mass is 16.5. The number of methoxy groups -OCH3 is 1. The van der Waals surface area contributed by atoms with Crippen LogP contribution in [0.15, 0.2) is 23.5 Å². The number of fused-ring (bicyclic) bond motifs is 4. The number of rotatable bonds is 5. The third-order valence-electron chi connectivity index (χ3n) is 5.80. The number of nitrogens with one attached hydrogen (secondary N) is 2. The van der Waals surface area contributed by atoms with Crippen LogP contribution in [0, 0.1) is 5.92 Å². The van der Waals surface area contributed by atoms with Gasteiger partial charge in [-0.25, -0.2) is 9.97 Å². The number of esters is 1. The first-order valence-corrected chi connectivity index (χ1v) is 10.2. The minimum Gasteiger partial charge on any atom is -0.495 e. The lowest BCUT2D eigenvalue weighted by atomic mass is 9.86. The van der Waals surface area contributed by atoms with Crippen molar-refractivity contribution in [3.05, 3.63) is 40.8 Å². The van der Waals surface area contributed by atoms with Crippen molar-refractivity contribution < 1.29 is 14.3 Å². The van der Waals surface area contributed by atoms with E-state index in [0.717, 1.165) is 57.7 Å². The number of benzene rings is 1. The van der Waals surface area contributed by atoms with E-state index < -0.39 is 0 Å². The predicted molar refractivity (Wildman–Crippen MR) is 114 cm³/mol. The number of hydrogen-bond acceptors (Lipinski definition) is 7. The van der Waals surface area contributed by atoms with Crippen LogP contribution in [-0.2, 0) is 28.9 Å². The van der Waals surface area contributed by atoms with Crippen molar-refractivity contribution in [3.63, 3.8) is 0 Å². The fraction of sp³-hybridized carbons (Fsp3) is 0.364. The fourth-order valence-corrected chi connectivity index (χ4v) is 4.33. The SMILES string of the molecule is CCOC(=O)C1CCc2[nH]c3ncnc(Nc4cc5c(cc4OC)CN=C5)c3c2C1. The average molecular weight is 405 g/mol. The van der Waals surface area contributed by atoms with Gasteiger partial charge in [0.05, 0.1) is 37.3 Å². The molecule has 0 spiro atoms. The molecule has 0 saturated heterocycles. The number of aromatic amines is 1. The molecule has 5 rings (SSSR count). The molecule has 2 aromatic heterocycles. The number of ether oxygens (including phenoxy) is 2. The van der Waals surface area contributed by atoms with Crippen LogP contribution in [0.5, 0.6) is 5.75 Å². The van der Waals surface area contributed by atoms with Crippen molar-refractivity contribution in [3.8, 4) is 5.75 Å². The Hall–Kier alpha value is -3.42. The summed E-state index contributed by atoms with van der Waals surface area (Å²) in [7, 11) is 1.65. The maximum absolute atomic E-state index is 12.3. The van der Waals surface area contributed by atoms with Crippen molar-refractivity contribution in [2.24, 2.45) is 10.9 Å². The van der Waals surface area contributed by atoms with Crippen LogP contribution >= 0.6 is 0 Å². The van der Waals surface area contributed by atoms with E-state index in [9.17, 15) is 4.79 Å². The lowest BCUT2D eigenvalue weighted by Crippen LogP contribution is -2.24. The highest BCUT2D eigenvalue weighted by molar-refractivity contribution is 5.95. The number of aliphatic imine (C=N–C) groups is 1. The summed E-state index contributed by atoms with van der Waals surface area (Å²) in [4.78, 5) is 29.0. The summed E-state index contributed by atoms with van der Waals surface area (Å²) < 4.78 is 10.9. The van der Waals surface area contributed by atoms with E-state index in [-0.39, 0.29) is 11.9 Å². The highest BCUT2D eigenvalue weighted by Crippen LogP contribution is 2.38. The van der Waals surface area contributed by atoms with Crippen LogP contribution in [0.3, 0.4) is 0 Å². The van der Waals surface area contributed by atoms with Gasteiger partial charge in [0.25, 0.3) is 0 Å². The summed E-state index contributed by atoms with van der Waals surface area (Å²) in [6, 6.07) is 4.03. The fourth-order valence-electron chi connectivity index (χ4n) is 4.33. The summed E-state index contributed by atoms with van der Waals surface area (Å²) in [5.41, 5.74) is 5.99. The molecule has 8 nitrogen and oxygen atoms in total. The Morgan fingerprint density at radius 2 is 2.23 bits per heavy atom. The van der Waals surface area contributed by atoms with Gasteiger partial charge in [-0.05, 0) is 55.0 Å². The number of nitrogens with zero attached hydrogens (tertiary/aromatic N) is 3. The van der Waals surface area contributed by atoms with Gasteiger partial charge >= 0.3 is 5.97 Å². The molecular formula is C22H23N5O3. The number of carbonyl (C=O) groups is 1. The maximum Gasteiger partial charge on any atom is 0.309 e. The molecule has 1 aliphatic carbocycles. The van der Waals surface area contributed by atoms with E-state index in [4.69, 9.17) is 9.47 Å². The molecule has 3 aromatic rings. The molecule has 0 fully saturated rings. The molecular weight excluding hydrogens is 382 g/mol. The van der Waals surface area contributed by atoms with Crippen LogP contribution in [-0.4, -0.2) is 40.9 Å².